The van der Waals surface area contributed by atoms with Crippen molar-refractivity contribution in [1.82, 2.24) is 25.6 Å². The number of halogens is 4. The van der Waals surface area contributed by atoms with Gasteiger partial charge in [0.1, 0.15) is 22.4 Å². The number of carboxylic acids is 1. The van der Waals surface area contributed by atoms with Crippen molar-refractivity contribution in [2.45, 2.75) is 25.2 Å². The lowest BCUT2D eigenvalue weighted by Crippen LogP contribution is -2.38. The zero-order valence-electron chi connectivity index (χ0n) is 24.0. The molecule has 6 N–H and O–H groups in total. The first-order valence-corrected chi connectivity index (χ1v) is 14.1. The summed E-state index contributed by atoms with van der Waals surface area (Å²) in [6.45, 7) is 0.467. The molecular formula is C31H25ClF3N5O7. The molecule has 244 valence electrons. The number of amides is 2. The van der Waals surface area contributed by atoms with Gasteiger partial charge in [0.15, 0.2) is 11.5 Å². The van der Waals surface area contributed by atoms with E-state index in [1.165, 1.54) is 0 Å². The largest absolute Gasteiger partial charge is 0.507 e. The Balaban J connectivity index is 0.000000559. The monoisotopic (exact) mass is 671 g/mol. The lowest BCUT2D eigenvalue weighted by atomic mass is 10.1. The van der Waals surface area contributed by atoms with Crippen molar-refractivity contribution < 1.29 is 42.4 Å². The molecule has 12 nitrogen and oxygen atoms in total. The topological polar surface area (TPSA) is 179 Å². The predicted molar refractivity (Wildman–Crippen MR) is 163 cm³/mol. The number of benzene rings is 3. The highest BCUT2D eigenvalue weighted by molar-refractivity contribution is 6.32. The summed E-state index contributed by atoms with van der Waals surface area (Å²) in [4.78, 5) is 44.1. The summed E-state index contributed by atoms with van der Waals surface area (Å²) >= 11 is 6.58. The number of carbonyl (C=O) groups is 2. The second kappa shape index (κ2) is 13.7. The van der Waals surface area contributed by atoms with Crippen LogP contribution < -0.4 is 25.7 Å². The number of aromatic hydroxyl groups is 1. The highest BCUT2D eigenvalue weighted by Gasteiger charge is 2.38. The molecule has 1 aliphatic heterocycles. The number of urea groups is 1. The first-order valence-electron chi connectivity index (χ1n) is 13.8. The molecule has 0 unspecified atom stereocenters. The van der Waals surface area contributed by atoms with E-state index < -0.39 is 23.7 Å². The van der Waals surface area contributed by atoms with E-state index in [-0.39, 0.29) is 30.3 Å². The Morgan fingerprint density at radius 1 is 0.979 bits per heavy atom. The number of ether oxygens (including phenoxy) is 2. The molecule has 0 radical (unpaired) electrons. The molecule has 1 atom stereocenters. The molecule has 3 heterocycles. The van der Waals surface area contributed by atoms with Gasteiger partial charge in [0, 0.05) is 23.6 Å². The minimum atomic E-state index is -5.08. The number of hydrogen-bond donors (Lipinski definition) is 6. The van der Waals surface area contributed by atoms with Crippen molar-refractivity contribution in [3.8, 4) is 28.5 Å². The minimum absolute atomic E-state index is 0.143. The van der Waals surface area contributed by atoms with Gasteiger partial charge in [-0.3, -0.25) is 4.79 Å². The van der Waals surface area contributed by atoms with E-state index in [2.05, 4.69) is 20.6 Å². The number of hydrogen-bond acceptors (Lipinski definition) is 7. The number of imidazole rings is 1. The number of nitrogens with one attached hydrogen (secondary N) is 4. The molecular weight excluding hydrogens is 647 g/mol. The number of carbonyl (C=O) groups excluding carboxylic acids is 1. The number of aromatic amines is 2. The van der Waals surface area contributed by atoms with Gasteiger partial charge in [-0.05, 0) is 41.8 Å². The molecule has 6 rings (SSSR count). The van der Waals surface area contributed by atoms with Gasteiger partial charge in [-0.25, -0.2) is 14.6 Å². The molecule has 16 heteroatoms. The van der Waals surface area contributed by atoms with Crippen LogP contribution in [0.1, 0.15) is 23.0 Å². The summed E-state index contributed by atoms with van der Waals surface area (Å²) in [6, 6.07) is 20.6. The highest BCUT2D eigenvalue weighted by Crippen LogP contribution is 2.33. The number of aliphatic carboxylic acids is 1. The fourth-order valence-electron chi connectivity index (χ4n) is 4.62. The van der Waals surface area contributed by atoms with Crippen molar-refractivity contribution in [1.29, 1.82) is 0 Å². The lowest BCUT2D eigenvalue weighted by molar-refractivity contribution is -0.192. The molecule has 0 saturated heterocycles. The molecule has 0 bridgehead atoms. The summed E-state index contributed by atoms with van der Waals surface area (Å²) in [6.07, 6.45) is -4.62. The van der Waals surface area contributed by atoms with Crippen LogP contribution in [0.2, 0.25) is 5.15 Å². The zero-order valence-corrected chi connectivity index (χ0v) is 24.8. The Morgan fingerprint density at radius 2 is 1.70 bits per heavy atom. The van der Waals surface area contributed by atoms with Crippen LogP contribution in [0.15, 0.2) is 77.6 Å². The number of H-pyrrole nitrogens is 2. The first kappa shape index (κ1) is 32.7. The van der Waals surface area contributed by atoms with Crippen molar-refractivity contribution in [2.75, 3.05) is 6.79 Å². The standard InChI is InChI=1S/C29H24ClN5O5.C2HF3O2/c30-27-26(18-7-8-20-19(12-18)22(36)13-25(37)32-20)34-28(35-27)21(10-16-4-2-1-3-5-16)33-29(38)31-14-17-6-9-23-24(11-17)40-15-39-23;3-2(4,5)1(6)7/h1-9,11-13,21H,10,14-15H2,(H,34,35)(H2,31,33,38)(H2,32,36,37);(H,6,7)/t21-;/m0./s1. The van der Waals surface area contributed by atoms with E-state index in [1.54, 1.807) is 18.2 Å². The van der Waals surface area contributed by atoms with Gasteiger partial charge in [0.25, 0.3) is 5.56 Å². The highest BCUT2D eigenvalue weighted by atomic mass is 35.5. The first-order chi connectivity index (χ1) is 22.4. The van der Waals surface area contributed by atoms with E-state index in [0.717, 1.165) is 17.2 Å². The summed E-state index contributed by atoms with van der Waals surface area (Å²) in [5.41, 5.74) is 3.03. The molecule has 5 aromatic rings. The minimum Gasteiger partial charge on any atom is -0.507 e. The number of fused-ring (bicyclic) bond motifs is 2. The summed E-state index contributed by atoms with van der Waals surface area (Å²) in [5, 5.41) is 24.0. The maximum absolute atomic E-state index is 13.0. The van der Waals surface area contributed by atoms with Crippen LogP contribution in [0.5, 0.6) is 17.2 Å². The number of aromatic nitrogens is 3. The van der Waals surface area contributed by atoms with Crippen molar-refractivity contribution >= 4 is 34.5 Å². The van der Waals surface area contributed by atoms with E-state index >= 15 is 0 Å². The Morgan fingerprint density at radius 3 is 2.43 bits per heavy atom. The Labute approximate surface area is 268 Å². The fraction of sp³-hybridized carbons (Fsp3) is 0.161. The SMILES string of the molecule is O=C(NCc1ccc2c(c1)OCO2)N[C@@H](Cc1ccccc1)c1nc(-c2ccc3[nH]c(=O)cc(O)c3c2)c(Cl)[nH]1.O=C(O)C(F)(F)F. The second-order valence-electron chi connectivity index (χ2n) is 10.1. The van der Waals surface area contributed by atoms with Crippen LogP contribution in [-0.2, 0) is 17.8 Å². The van der Waals surface area contributed by atoms with Crippen LogP contribution >= 0.6 is 11.6 Å². The number of alkyl halides is 3. The fourth-order valence-corrected chi connectivity index (χ4v) is 4.87. The third-order valence-electron chi connectivity index (χ3n) is 6.82. The molecule has 2 amide bonds. The maximum atomic E-state index is 13.0. The summed E-state index contributed by atoms with van der Waals surface area (Å²) < 4.78 is 42.5. The zero-order chi connectivity index (χ0) is 33.7. The third-order valence-corrected chi connectivity index (χ3v) is 7.10. The van der Waals surface area contributed by atoms with Gasteiger partial charge in [0.2, 0.25) is 6.79 Å². The van der Waals surface area contributed by atoms with Crippen LogP contribution in [0.25, 0.3) is 22.2 Å². The van der Waals surface area contributed by atoms with Gasteiger partial charge in [0.05, 0.1) is 11.6 Å². The van der Waals surface area contributed by atoms with E-state index in [4.69, 9.17) is 36.0 Å². The number of rotatable bonds is 7. The van der Waals surface area contributed by atoms with Crippen LogP contribution in [0.3, 0.4) is 0 Å². The van der Waals surface area contributed by atoms with E-state index in [0.29, 0.717) is 45.9 Å². The Hall–Kier alpha value is -5.70. The molecule has 47 heavy (non-hydrogen) atoms. The smallest absolute Gasteiger partial charge is 0.490 e. The number of carboxylic acid groups (broad SMARTS) is 1. The lowest BCUT2D eigenvalue weighted by Gasteiger charge is -2.18. The molecule has 1 aliphatic rings. The van der Waals surface area contributed by atoms with E-state index in [9.17, 15) is 27.9 Å². The van der Waals surface area contributed by atoms with Gasteiger partial charge in [-0.15, -0.1) is 0 Å². The Kier molecular flexibility index (Phi) is 9.56. The Bertz CT molecular complexity index is 1980. The van der Waals surface area contributed by atoms with Crippen molar-refractivity contribution in [3.63, 3.8) is 0 Å². The van der Waals surface area contributed by atoms with Gasteiger partial charge < -0.3 is 40.3 Å². The molecule has 3 aromatic carbocycles. The quantitative estimate of drug-likeness (QED) is 0.133. The van der Waals surface area contributed by atoms with Crippen LogP contribution in [0.4, 0.5) is 18.0 Å². The van der Waals surface area contributed by atoms with Crippen molar-refractivity contribution in [2.24, 2.45) is 0 Å². The maximum Gasteiger partial charge on any atom is 0.490 e. The number of nitrogens with zero attached hydrogens (tertiary/aromatic N) is 1. The van der Waals surface area contributed by atoms with Gasteiger partial charge >= 0.3 is 18.2 Å². The molecule has 0 fully saturated rings. The molecule has 0 spiro atoms. The van der Waals surface area contributed by atoms with Gasteiger partial charge in [-0.2, -0.15) is 13.2 Å². The van der Waals surface area contributed by atoms with Gasteiger partial charge in [-0.1, -0.05) is 54.1 Å². The summed E-state index contributed by atoms with van der Waals surface area (Å²) in [5.74, 6) is -1.11. The third kappa shape index (κ3) is 8.12. The molecule has 2 aromatic heterocycles. The van der Waals surface area contributed by atoms with Crippen molar-refractivity contribution in [3.05, 3.63) is 105 Å². The molecule has 0 saturated carbocycles. The second-order valence-corrected chi connectivity index (χ2v) is 10.5. The predicted octanol–water partition coefficient (Wildman–Crippen LogP) is 5.42. The normalized spacial score (nSPS) is 12.6. The van der Waals surface area contributed by atoms with Crippen LogP contribution in [-0.4, -0.2) is 50.1 Å². The number of pyridine rings is 1. The van der Waals surface area contributed by atoms with E-state index in [1.807, 2.05) is 48.5 Å². The molecule has 0 aliphatic carbocycles. The van der Waals surface area contributed by atoms with Crippen LogP contribution in [0, 0.1) is 0 Å². The average Bonchev–Trinajstić information content (AvgIpc) is 3.66. The summed E-state index contributed by atoms with van der Waals surface area (Å²) in [7, 11) is 0. The average molecular weight is 672 g/mol.